The van der Waals surface area contributed by atoms with E-state index in [-0.39, 0.29) is 12.0 Å². The molecule has 3 heteroatoms. The Morgan fingerprint density at radius 2 is 1.23 bits per heavy atom. The molecule has 0 amide bonds. The van der Waals surface area contributed by atoms with Gasteiger partial charge in [0.05, 0.1) is 22.9 Å². The molecule has 0 fully saturated rings. The van der Waals surface area contributed by atoms with E-state index in [1.165, 1.54) is 44.3 Å². The van der Waals surface area contributed by atoms with E-state index in [1.807, 2.05) is 0 Å². The van der Waals surface area contributed by atoms with E-state index < -0.39 is 0 Å². The van der Waals surface area contributed by atoms with Gasteiger partial charge in [-0.05, 0) is 47.5 Å². The van der Waals surface area contributed by atoms with Gasteiger partial charge in [-0.25, -0.2) is 4.98 Å². The van der Waals surface area contributed by atoms with Gasteiger partial charge in [0, 0.05) is 50.3 Å². The number of fused-ring (bicyclic) bond motifs is 7. The van der Waals surface area contributed by atoms with Gasteiger partial charge >= 0.3 is 0 Å². The van der Waals surface area contributed by atoms with Crippen LogP contribution in [0.1, 0.15) is 11.5 Å². The number of H-pyrrole nitrogens is 1. The van der Waals surface area contributed by atoms with E-state index >= 15 is 0 Å². The maximum Gasteiger partial charge on any atom is 0.0715 e. The highest BCUT2D eigenvalue weighted by Gasteiger charge is 2.39. The Balaban J connectivity index is 1.20. The fourth-order valence-electron chi connectivity index (χ4n) is 7.10. The second-order valence-electron chi connectivity index (χ2n) is 11.7. The lowest BCUT2D eigenvalue weighted by Crippen LogP contribution is -2.28. The topological polar surface area (TPSA) is 31.9 Å². The van der Waals surface area contributed by atoms with Gasteiger partial charge in [-0.15, -0.1) is 0 Å². The number of aromatic amines is 1. The van der Waals surface area contributed by atoms with Crippen molar-refractivity contribution < 1.29 is 0 Å². The van der Waals surface area contributed by atoms with Crippen molar-refractivity contribution in [3.63, 3.8) is 0 Å². The summed E-state index contributed by atoms with van der Waals surface area (Å²) in [6, 6.07) is 47.8. The molecule has 0 saturated carbocycles. The molecule has 5 aromatic carbocycles. The maximum absolute atomic E-state index is 5.10. The molecular weight excluding hydrogens is 534 g/mol. The summed E-state index contributed by atoms with van der Waals surface area (Å²) < 4.78 is 0. The summed E-state index contributed by atoms with van der Waals surface area (Å²) in [7, 11) is 0. The third kappa shape index (κ3) is 3.94. The van der Waals surface area contributed by atoms with E-state index in [1.54, 1.807) is 0 Å². The predicted molar refractivity (Wildman–Crippen MR) is 183 cm³/mol. The van der Waals surface area contributed by atoms with Crippen LogP contribution in [0, 0.1) is 0 Å². The Kier molecular flexibility index (Phi) is 5.63. The Hall–Kier alpha value is -5.67. The molecular formula is C41H29N3. The monoisotopic (exact) mass is 563 g/mol. The first-order chi connectivity index (χ1) is 21.8. The number of nitrogens with zero attached hydrogens (tertiary/aromatic N) is 2. The first-order valence-corrected chi connectivity index (χ1v) is 15.2. The minimum absolute atomic E-state index is 0.208. The first kappa shape index (κ1) is 24.9. The molecule has 2 unspecified atom stereocenters. The summed E-state index contributed by atoms with van der Waals surface area (Å²) in [5, 5.41) is 2.56. The molecule has 1 aliphatic carbocycles. The largest absolute Gasteiger partial charge is 0.354 e. The van der Waals surface area contributed by atoms with Crippen LogP contribution in [0.5, 0.6) is 0 Å². The Morgan fingerprint density at radius 1 is 0.545 bits per heavy atom. The summed E-state index contributed by atoms with van der Waals surface area (Å²) in [6.07, 6.45) is 9.09. The van der Waals surface area contributed by atoms with E-state index in [4.69, 9.17) is 4.98 Å². The lowest BCUT2D eigenvalue weighted by Gasteiger charge is -2.29. The zero-order chi connectivity index (χ0) is 29.0. The van der Waals surface area contributed by atoms with Crippen molar-refractivity contribution in [2.75, 3.05) is 4.90 Å². The van der Waals surface area contributed by atoms with Gasteiger partial charge in [0.25, 0.3) is 0 Å². The number of aromatic nitrogens is 2. The molecule has 208 valence electrons. The van der Waals surface area contributed by atoms with Gasteiger partial charge < -0.3 is 9.88 Å². The average molecular weight is 564 g/mol. The van der Waals surface area contributed by atoms with Crippen molar-refractivity contribution >= 4 is 33.2 Å². The number of benzene rings is 5. The quantitative estimate of drug-likeness (QED) is 0.231. The third-order valence-corrected chi connectivity index (χ3v) is 9.12. The molecule has 0 spiro atoms. The molecule has 0 bridgehead atoms. The van der Waals surface area contributed by atoms with E-state index in [0.29, 0.717) is 0 Å². The van der Waals surface area contributed by atoms with Gasteiger partial charge in [-0.2, -0.15) is 0 Å². The number of anilines is 2. The highest BCUT2D eigenvalue weighted by molar-refractivity contribution is 6.10. The summed E-state index contributed by atoms with van der Waals surface area (Å²) in [5.41, 5.74) is 12.7. The zero-order valence-corrected chi connectivity index (χ0v) is 24.1. The molecule has 9 rings (SSSR count). The molecule has 3 heterocycles. The van der Waals surface area contributed by atoms with Crippen molar-refractivity contribution in [2.45, 2.75) is 12.0 Å². The summed E-state index contributed by atoms with van der Waals surface area (Å²) in [6.45, 7) is 0. The van der Waals surface area contributed by atoms with Gasteiger partial charge in [0.2, 0.25) is 0 Å². The van der Waals surface area contributed by atoms with Crippen LogP contribution in [-0.2, 0) is 0 Å². The Labute approximate surface area is 256 Å². The molecule has 0 radical (unpaired) electrons. The molecule has 2 aromatic heterocycles. The summed E-state index contributed by atoms with van der Waals surface area (Å²) in [5.74, 6) is 0.269. The lowest BCUT2D eigenvalue weighted by molar-refractivity contribution is 0.747. The maximum atomic E-state index is 5.10. The molecule has 0 saturated heterocycles. The van der Waals surface area contributed by atoms with Crippen LogP contribution < -0.4 is 4.90 Å². The minimum Gasteiger partial charge on any atom is -0.354 e. The molecule has 7 aromatic rings. The second kappa shape index (κ2) is 9.96. The van der Waals surface area contributed by atoms with Crippen molar-refractivity contribution in [2.24, 2.45) is 0 Å². The normalized spacial score (nSPS) is 16.9. The van der Waals surface area contributed by atoms with Crippen LogP contribution in [0.4, 0.5) is 11.4 Å². The molecule has 44 heavy (non-hydrogen) atoms. The SMILES string of the molecule is C1=CC2c3c(ccc4c3[nH]c3ccccc34)N(c3cccc(-c4cc(-c5ccccc5)nc(-c5ccccc5)c4)c3)C2C=C1. The number of para-hydroxylation sites is 1. The van der Waals surface area contributed by atoms with Crippen LogP contribution in [-0.4, -0.2) is 16.0 Å². The fourth-order valence-corrected chi connectivity index (χ4v) is 7.10. The highest BCUT2D eigenvalue weighted by Crippen LogP contribution is 2.51. The van der Waals surface area contributed by atoms with E-state index in [0.717, 1.165) is 28.1 Å². The number of nitrogens with one attached hydrogen (secondary N) is 1. The van der Waals surface area contributed by atoms with E-state index in [2.05, 4.69) is 168 Å². The Bertz CT molecular complexity index is 2180. The van der Waals surface area contributed by atoms with E-state index in [9.17, 15) is 0 Å². The van der Waals surface area contributed by atoms with Crippen molar-refractivity contribution in [3.05, 3.63) is 163 Å². The van der Waals surface area contributed by atoms with Gasteiger partial charge in [0.15, 0.2) is 0 Å². The number of pyridine rings is 1. The minimum atomic E-state index is 0.208. The van der Waals surface area contributed by atoms with Crippen LogP contribution in [0.3, 0.4) is 0 Å². The number of hydrogen-bond donors (Lipinski definition) is 1. The average Bonchev–Trinajstić information content (AvgIpc) is 3.65. The number of rotatable bonds is 4. The number of hydrogen-bond acceptors (Lipinski definition) is 2. The highest BCUT2D eigenvalue weighted by atomic mass is 15.2. The van der Waals surface area contributed by atoms with Gasteiger partial charge in [-0.1, -0.05) is 121 Å². The Morgan fingerprint density at radius 3 is 2.00 bits per heavy atom. The van der Waals surface area contributed by atoms with Crippen LogP contribution >= 0.6 is 0 Å². The molecule has 3 nitrogen and oxygen atoms in total. The number of allylic oxidation sites excluding steroid dienone is 2. The zero-order valence-electron chi connectivity index (χ0n) is 24.1. The molecule has 2 atom stereocenters. The molecule has 1 N–H and O–H groups in total. The van der Waals surface area contributed by atoms with Crippen LogP contribution in [0.25, 0.3) is 55.4 Å². The molecule has 2 aliphatic rings. The second-order valence-corrected chi connectivity index (χ2v) is 11.7. The lowest BCUT2D eigenvalue weighted by atomic mass is 9.90. The summed E-state index contributed by atoms with van der Waals surface area (Å²) in [4.78, 5) is 11.4. The van der Waals surface area contributed by atoms with Gasteiger partial charge in [0.1, 0.15) is 0 Å². The first-order valence-electron chi connectivity index (χ1n) is 15.2. The van der Waals surface area contributed by atoms with Crippen LogP contribution in [0.2, 0.25) is 0 Å². The standard InChI is InChI=1S/C41H29N3/c1-3-12-27(13-4-1)36-25-30(26-37(42-36)28-14-5-2-6-15-28)29-16-11-17-31(24-29)44-38-21-10-8-19-34(38)40-39(44)23-22-33-32-18-7-9-20-35(32)43-41(33)40/h1-26,34,38,43H. The summed E-state index contributed by atoms with van der Waals surface area (Å²) >= 11 is 0. The molecule has 1 aliphatic heterocycles. The van der Waals surface area contributed by atoms with Crippen molar-refractivity contribution in [3.8, 4) is 33.6 Å². The predicted octanol–water partition coefficient (Wildman–Crippen LogP) is 10.4. The van der Waals surface area contributed by atoms with Crippen molar-refractivity contribution in [1.82, 2.24) is 9.97 Å². The van der Waals surface area contributed by atoms with Crippen LogP contribution in [0.15, 0.2) is 158 Å². The smallest absolute Gasteiger partial charge is 0.0715 e. The fraction of sp³-hybridized carbons (Fsp3) is 0.0488. The third-order valence-electron chi connectivity index (χ3n) is 9.12. The van der Waals surface area contributed by atoms with Gasteiger partial charge in [-0.3, -0.25) is 0 Å². The van der Waals surface area contributed by atoms with Crippen molar-refractivity contribution in [1.29, 1.82) is 0 Å².